The normalized spacial score (nSPS) is 16.5. The topological polar surface area (TPSA) is 200 Å². The van der Waals surface area contributed by atoms with Gasteiger partial charge in [-0.1, -0.05) is 40.5 Å². The van der Waals surface area contributed by atoms with Crippen LogP contribution in [0.25, 0.3) is 0 Å². The number of aliphatic hydroxyl groups excluding tert-OH is 1. The number of hydrogen-bond acceptors (Lipinski definition) is 7. The fourth-order valence-electron chi connectivity index (χ4n) is 3.01. The second kappa shape index (κ2) is 13.5. The molecule has 33 heavy (non-hydrogen) atoms. The maximum atomic E-state index is 12.9. The zero-order valence-electron chi connectivity index (χ0n) is 19.5. The van der Waals surface area contributed by atoms with Crippen molar-refractivity contribution in [3.63, 3.8) is 0 Å². The van der Waals surface area contributed by atoms with Crippen LogP contribution in [0.3, 0.4) is 0 Å². The van der Waals surface area contributed by atoms with Crippen LogP contribution in [0.1, 0.15) is 46.2 Å². The average Bonchev–Trinajstić information content (AvgIpc) is 3.31. The number of carbonyl (C=O) groups is 4. The van der Waals surface area contributed by atoms with Gasteiger partial charge < -0.3 is 36.9 Å². The maximum absolute atomic E-state index is 12.9. The number of nitrogens with two attached hydrogens (primary N) is 1. The molecule has 12 heteroatoms. The van der Waals surface area contributed by atoms with Gasteiger partial charge in [0.15, 0.2) is 0 Å². The zero-order valence-corrected chi connectivity index (χ0v) is 19.5. The van der Waals surface area contributed by atoms with Crippen LogP contribution >= 0.6 is 0 Å². The number of aromatic nitrogens is 2. The molecule has 0 spiro atoms. The van der Waals surface area contributed by atoms with Crippen molar-refractivity contribution in [2.45, 2.75) is 71.1 Å². The highest BCUT2D eigenvalue weighted by Crippen LogP contribution is 2.11. The smallest absolute Gasteiger partial charge is 0.326 e. The van der Waals surface area contributed by atoms with Crippen molar-refractivity contribution in [1.82, 2.24) is 25.9 Å². The summed E-state index contributed by atoms with van der Waals surface area (Å²) >= 11 is 0. The maximum Gasteiger partial charge on any atom is 0.326 e. The van der Waals surface area contributed by atoms with E-state index in [-0.39, 0.29) is 18.3 Å². The predicted octanol–water partition coefficient (Wildman–Crippen LogP) is -1.10. The zero-order chi connectivity index (χ0) is 25.1. The van der Waals surface area contributed by atoms with Gasteiger partial charge >= 0.3 is 5.97 Å². The molecule has 0 saturated heterocycles. The molecule has 12 nitrogen and oxygen atoms in total. The minimum absolute atomic E-state index is 0.0633. The number of carboxylic acids is 1. The molecule has 0 aliphatic carbocycles. The molecule has 6 atom stereocenters. The Bertz CT molecular complexity index is 786. The molecule has 0 fully saturated rings. The molecule has 0 aliphatic rings. The van der Waals surface area contributed by atoms with E-state index in [4.69, 9.17) is 5.73 Å². The van der Waals surface area contributed by atoms with Gasteiger partial charge in [-0.15, -0.1) is 0 Å². The Labute approximate surface area is 193 Å². The molecule has 1 aromatic heterocycles. The van der Waals surface area contributed by atoms with Crippen LogP contribution in [-0.4, -0.2) is 74.6 Å². The predicted molar refractivity (Wildman–Crippen MR) is 120 cm³/mol. The van der Waals surface area contributed by atoms with Gasteiger partial charge in [-0.25, -0.2) is 9.78 Å². The van der Waals surface area contributed by atoms with Gasteiger partial charge in [-0.3, -0.25) is 14.4 Å². The molecule has 6 unspecified atom stereocenters. The van der Waals surface area contributed by atoms with E-state index in [1.54, 1.807) is 6.92 Å². The van der Waals surface area contributed by atoms with Crippen molar-refractivity contribution in [2.24, 2.45) is 17.6 Å². The first-order valence-corrected chi connectivity index (χ1v) is 11.0. The van der Waals surface area contributed by atoms with Crippen molar-refractivity contribution >= 4 is 23.7 Å². The lowest BCUT2D eigenvalue weighted by Gasteiger charge is -2.28. The lowest BCUT2D eigenvalue weighted by atomic mass is 9.95. The molecule has 1 heterocycles. The number of aliphatic hydroxyl groups is 1. The first kappa shape index (κ1) is 28.0. The average molecular weight is 469 g/mol. The molecule has 8 N–H and O–H groups in total. The Morgan fingerprint density at radius 1 is 1.00 bits per heavy atom. The second-order valence-electron chi connectivity index (χ2n) is 8.21. The fourth-order valence-corrected chi connectivity index (χ4v) is 3.01. The van der Waals surface area contributed by atoms with E-state index in [0.717, 1.165) is 0 Å². The minimum atomic E-state index is -1.41. The van der Waals surface area contributed by atoms with Crippen molar-refractivity contribution < 1.29 is 29.4 Å². The van der Waals surface area contributed by atoms with Crippen LogP contribution in [0.4, 0.5) is 0 Å². The third kappa shape index (κ3) is 8.46. The van der Waals surface area contributed by atoms with E-state index >= 15 is 0 Å². The number of nitrogens with zero attached hydrogens (tertiary/aromatic N) is 1. The van der Waals surface area contributed by atoms with Crippen molar-refractivity contribution in [3.05, 3.63) is 18.2 Å². The van der Waals surface area contributed by atoms with Crippen LogP contribution in [-0.2, 0) is 25.6 Å². The monoisotopic (exact) mass is 468 g/mol. The summed E-state index contributed by atoms with van der Waals surface area (Å²) in [4.78, 5) is 56.1. The highest BCUT2D eigenvalue weighted by atomic mass is 16.4. The first-order chi connectivity index (χ1) is 15.5. The molecule has 0 radical (unpaired) electrons. The summed E-state index contributed by atoms with van der Waals surface area (Å²) in [5.74, 6) is -3.70. The number of H-pyrrole nitrogens is 1. The third-order valence-corrected chi connectivity index (χ3v) is 5.76. The lowest BCUT2D eigenvalue weighted by molar-refractivity contribution is -0.142. The Balaban J connectivity index is 2.88. The number of carbonyl (C=O) groups excluding carboxylic acids is 3. The summed E-state index contributed by atoms with van der Waals surface area (Å²) < 4.78 is 0. The summed E-state index contributed by atoms with van der Waals surface area (Å²) in [6, 6.07) is -4.50. The number of hydrogen-bond donors (Lipinski definition) is 7. The number of aromatic amines is 1. The van der Waals surface area contributed by atoms with Crippen LogP contribution in [0.2, 0.25) is 0 Å². The Morgan fingerprint density at radius 2 is 1.61 bits per heavy atom. The molecular weight excluding hydrogens is 432 g/mol. The summed E-state index contributed by atoms with van der Waals surface area (Å²) in [7, 11) is 0. The van der Waals surface area contributed by atoms with Crippen LogP contribution in [0.5, 0.6) is 0 Å². The lowest BCUT2D eigenvalue weighted by Crippen LogP contribution is -2.60. The molecule has 3 amide bonds. The highest BCUT2D eigenvalue weighted by molar-refractivity contribution is 5.94. The number of amides is 3. The van der Waals surface area contributed by atoms with Crippen molar-refractivity contribution in [2.75, 3.05) is 6.61 Å². The molecule has 1 rings (SSSR count). The van der Waals surface area contributed by atoms with Gasteiger partial charge in [-0.2, -0.15) is 0 Å². The van der Waals surface area contributed by atoms with Crippen LogP contribution in [0, 0.1) is 11.8 Å². The quantitative estimate of drug-likeness (QED) is 0.178. The molecule has 1 aromatic rings. The molecule has 0 saturated carbocycles. The third-order valence-electron chi connectivity index (χ3n) is 5.76. The number of imidazole rings is 1. The summed E-state index contributed by atoms with van der Waals surface area (Å²) in [6.07, 6.45) is 3.98. The van der Waals surface area contributed by atoms with Crippen molar-refractivity contribution in [3.8, 4) is 0 Å². The van der Waals surface area contributed by atoms with E-state index in [9.17, 15) is 29.4 Å². The number of aliphatic carboxylic acids is 1. The van der Waals surface area contributed by atoms with Gasteiger partial charge in [0, 0.05) is 18.3 Å². The van der Waals surface area contributed by atoms with E-state index in [2.05, 4.69) is 25.9 Å². The summed E-state index contributed by atoms with van der Waals surface area (Å²) in [5, 5.41) is 26.4. The highest BCUT2D eigenvalue weighted by Gasteiger charge is 2.33. The van der Waals surface area contributed by atoms with Crippen LogP contribution in [0.15, 0.2) is 12.5 Å². The van der Waals surface area contributed by atoms with Gasteiger partial charge in [0.1, 0.15) is 18.1 Å². The van der Waals surface area contributed by atoms with E-state index in [1.807, 2.05) is 20.8 Å². The SMILES string of the molecule is CCC(C)C(N)C(=O)NC(C(=O)NC(CO)C(=O)NC(Cc1cnc[nH]1)C(=O)O)C(C)CC. The summed E-state index contributed by atoms with van der Waals surface area (Å²) in [6.45, 7) is 6.57. The minimum Gasteiger partial charge on any atom is -0.480 e. The molecule has 0 aliphatic heterocycles. The number of nitrogens with one attached hydrogen (secondary N) is 4. The number of carboxylic acid groups (broad SMARTS) is 1. The Hall–Kier alpha value is -2.99. The van der Waals surface area contributed by atoms with E-state index < -0.39 is 54.5 Å². The number of rotatable bonds is 14. The molecule has 0 bridgehead atoms. The van der Waals surface area contributed by atoms with Gasteiger partial charge in [-0.05, 0) is 11.8 Å². The van der Waals surface area contributed by atoms with E-state index in [0.29, 0.717) is 18.5 Å². The van der Waals surface area contributed by atoms with Crippen molar-refractivity contribution in [1.29, 1.82) is 0 Å². The van der Waals surface area contributed by atoms with Gasteiger partial charge in [0.2, 0.25) is 17.7 Å². The summed E-state index contributed by atoms with van der Waals surface area (Å²) in [5.41, 5.74) is 6.46. The second-order valence-corrected chi connectivity index (χ2v) is 8.21. The standard InChI is InChI=1S/C21H36N6O6/c1-5-11(3)16(22)19(30)27-17(12(4)6-2)20(31)26-15(9-28)18(29)25-14(21(32)33)7-13-8-23-10-24-13/h8,10-12,14-17,28H,5-7,9,22H2,1-4H3,(H,23,24)(H,25,29)(H,26,31)(H,27,30)(H,32,33). The fraction of sp³-hybridized carbons (Fsp3) is 0.667. The molecular formula is C21H36N6O6. The first-order valence-electron chi connectivity index (χ1n) is 11.0. The van der Waals surface area contributed by atoms with E-state index in [1.165, 1.54) is 12.5 Å². The Kier molecular flexibility index (Phi) is 11.5. The van der Waals surface area contributed by atoms with Gasteiger partial charge in [0.25, 0.3) is 0 Å². The Morgan fingerprint density at radius 3 is 2.09 bits per heavy atom. The largest absolute Gasteiger partial charge is 0.480 e. The van der Waals surface area contributed by atoms with Gasteiger partial charge in [0.05, 0.1) is 19.0 Å². The molecule has 186 valence electrons. The molecule has 0 aromatic carbocycles. The van der Waals surface area contributed by atoms with Crippen LogP contribution < -0.4 is 21.7 Å².